The van der Waals surface area contributed by atoms with Gasteiger partial charge in [-0.05, 0) is 11.6 Å². The van der Waals surface area contributed by atoms with Gasteiger partial charge in [0, 0.05) is 16.7 Å². The van der Waals surface area contributed by atoms with Crippen LogP contribution in [-0.2, 0) is 10.5 Å². The summed E-state index contributed by atoms with van der Waals surface area (Å²) in [5.74, 6) is -1.22. The van der Waals surface area contributed by atoms with Crippen LogP contribution in [0.15, 0.2) is 29.6 Å². The second-order valence-electron chi connectivity index (χ2n) is 3.93. The van der Waals surface area contributed by atoms with Gasteiger partial charge in [0.15, 0.2) is 5.69 Å². The van der Waals surface area contributed by atoms with Crippen LogP contribution >= 0.6 is 23.1 Å². The van der Waals surface area contributed by atoms with Gasteiger partial charge in [-0.3, -0.25) is 4.79 Å². The highest BCUT2D eigenvalue weighted by Gasteiger charge is 2.10. The van der Waals surface area contributed by atoms with Crippen molar-refractivity contribution in [2.24, 2.45) is 0 Å². The fourth-order valence-electron chi connectivity index (χ4n) is 1.55. The van der Waals surface area contributed by atoms with Crippen LogP contribution < -0.4 is 0 Å². The average Bonchev–Trinajstić information content (AvgIpc) is 2.88. The normalized spacial score (nSPS) is 10.4. The second kappa shape index (κ2) is 6.53. The van der Waals surface area contributed by atoms with Crippen LogP contribution in [0.4, 0.5) is 0 Å². The van der Waals surface area contributed by atoms with E-state index in [1.165, 1.54) is 28.5 Å². The molecule has 0 bridgehead atoms. The van der Waals surface area contributed by atoms with Crippen LogP contribution in [-0.4, -0.2) is 32.9 Å². The largest absolute Gasteiger partial charge is 0.481 e. The molecule has 0 saturated heterocycles. The Morgan fingerprint density at radius 3 is 2.75 bits per heavy atom. The fraction of sp³-hybridized carbons (Fsp3) is 0.154. The van der Waals surface area contributed by atoms with Gasteiger partial charge >= 0.3 is 11.9 Å². The number of aliphatic carboxylic acids is 1. The molecule has 0 fully saturated rings. The van der Waals surface area contributed by atoms with E-state index >= 15 is 0 Å². The molecule has 0 aliphatic rings. The molecular weight excluding hydrogens is 298 g/mol. The molecule has 0 spiro atoms. The highest BCUT2D eigenvalue weighted by Crippen LogP contribution is 2.25. The Kier molecular flexibility index (Phi) is 4.75. The predicted molar refractivity (Wildman–Crippen MR) is 78.3 cm³/mol. The Labute approximate surface area is 123 Å². The molecule has 104 valence electrons. The number of aromatic carboxylic acids is 1. The molecule has 0 amide bonds. The van der Waals surface area contributed by atoms with Crippen LogP contribution in [0.1, 0.15) is 16.1 Å². The first-order valence-corrected chi connectivity index (χ1v) is 7.67. The Bertz CT molecular complexity index is 639. The van der Waals surface area contributed by atoms with E-state index in [1.807, 2.05) is 24.3 Å². The van der Waals surface area contributed by atoms with Gasteiger partial charge in [-0.2, -0.15) is 0 Å². The maximum absolute atomic E-state index is 10.8. The van der Waals surface area contributed by atoms with Crippen LogP contribution in [0, 0.1) is 0 Å². The lowest BCUT2D eigenvalue weighted by Gasteiger charge is -2.02. The summed E-state index contributed by atoms with van der Waals surface area (Å²) >= 11 is 2.59. The van der Waals surface area contributed by atoms with Crippen molar-refractivity contribution in [1.82, 2.24) is 4.98 Å². The molecule has 1 aromatic heterocycles. The molecule has 0 saturated carbocycles. The SMILES string of the molecule is O=C(O)CSCc1cccc(-c2nc(C(=O)O)cs2)c1. The minimum Gasteiger partial charge on any atom is -0.481 e. The molecule has 20 heavy (non-hydrogen) atoms. The van der Waals surface area contributed by atoms with Crippen molar-refractivity contribution in [1.29, 1.82) is 0 Å². The summed E-state index contributed by atoms with van der Waals surface area (Å²) in [6, 6.07) is 7.52. The van der Waals surface area contributed by atoms with E-state index in [1.54, 1.807) is 0 Å². The molecule has 0 aliphatic heterocycles. The van der Waals surface area contributed by atoms with Gasteiger partial charge in [-0.25, -0.2) is 9.78 Å². The highest BCUT2D eigenvalue weighted by molar-refractivity contribution is 7.99. The standard InChI is InChI=1S/C13H11NO4S2/c15-11(16)7-19-5-8-2-1-3-9(4-8)12-14-10(6-20-12)13(17)18/h1-4,6H,5,7H2,(H,15,16)(H,17,18). The van der Waals surface area contributed by atoms with Crippen LogP contribution in [0.25, 0.3) is 10.6 Å². The van der Waals surface area contributed by atoms with Gasteiger partial charge in [0.25, 0.3) is 0 Å². The number of hydrogen-bond donors (Lipinski definition) is 2. The van der Waals surface area contributed by atoms with Crippen LogP contribution in [0.5, 0.6) is 0 Å². The van der Waals surface area contributed by atoms with E-state index in [-0.39, 0.29) is 11.4 Å². The Balaban J connectivity index is 2.12. The molecule has 5 nitrogen and oxygen atoms in total. The van der Waals surface area contributed by atoms with Gasteiger partial charge < -0.3 is 10.2 Å². The summed E-state index contributed by atoms with van der Waals surface area (Å²) in [7, 11) is 0. The fourth-order valence-corrected chi connectivity index (χ4v) is 3.04. The molecule has 1 heterocycles. The van der Waals surface area contributed by atoms with E-state index in [4.69, 9.17) is 10.2 Å². The summed E-state index contributed by atoms with van der Waals surface area (Å²) in [5.41, 5.74) is 1.87. The zero-order chi connectivity index (χ0) is 14.5. The molecule has 0 unspecified atom stereocenters. The molecule has 0 atom stereocenters. The van der Waals surface area contributed by atoms with Gasteiger partial charge in [0.2, 0.25) is 0 Å². The van der Waals surface area contributed by atoms with Crippen LogP contribution in [0.2, 0.25) is 0 Å². The molecule has 2 aromatic rings. The maximum Gasteiger partial charge on any atom is 0.355 e. The quantitative estimate of drug-likeness (QED) is 0.853. The summed E-state index contributed by atoms with van der Waals surface area (Å²) in [6.07, 6.45) is 0. The van der Waals surface area contributed by atoms with Crippen LogP contribution in [0.3, 0.4) is 0 Å². The van der Waals surface area contributed by atoms with Crippen molar-refractivity contribution >= 4 is 35.0 Å². The van der Waals surface area contributed by atoms with E-state index in [0.29, 0.717) is 10.8 Å². The maximum atomic E-state index is 10.8. The Hall–Kier alpha value is -1.86. The van der Waals surface area contributed by atoms with E-state index in [9.17, 15) is 9.59 Å². The minimum absolute atomic E-state index is 0.0376. The lowest BCUT2D eigenvalue weighted by Crippen LogP contribution is -1.98. The van der Waals surface area contributed by atoms with E-state index in [2.05, 4.69) is 4.98 Å². The van der Waals surface area contributed by atoms with Gasteiger partial charge in [0.1, 0.15) is 5.01 Å². The highest BCUT2D eigenvalue weighted by atomic mass is 32.2. The third-order valence-corrected chi connectivity index (χ3v) is 4.27. The molecule has 2 rings (SSSR count). The summed E-state index contributed by atoms with van der Waals surface area (Å²) in [5, 5.41) is 19.6. The predicted octanol–water partition coefficient (Wildman–Crippen LogP) is 2.83. The average molecular weight is 309 g/mol. The zero-order valence-electron chi connectivity index (χ0n) is 10.3. The number of thiazole rings is 1. The molecule has 2 N–H and O–H groups in total. The van der Waals surface area contributed by atoms with E-state index in [0.717, 1.165) is 11.1 Å². The van der Waals surface area contributed by atoms with Gasteiger partial charge in [-0.1, -0.05) is 18.2 Å². The summed E-state index contributed by atoms with van der Waals surface area (Å²) < 4.78 is 0. The number of carboxylic acids is 2. The lowest BCUT2D eigenvalue weighted by atomic mass is 10.1. The number of benzene rings is 1. The lowest BCUT2D eigenvalue weighted by molar-refractivity contribution is -0.133. The summed E-state index contributed by atoms with van der Waals surface area (Å²) in [4.78, 5) is 25.3. The van der Waals surface area contributed by atoms with Crippen molar-refractivity contribution in [3.05, 3.63) is 40.9 Å². The third kappa shape index (κ3) is 3.82. The first kappa shape index (κ1) is 14.5. The Morgan fingerprint density at radius 2 is 2.10 bits per heavy atom. The van der Waals surface area contributed by atoms with E-state index < -0.39 is 11.9 Å². The monoisotopic (exact) mass is 309 g/mol. The number of carbonyl (C=O) groups is 2. The number of thioether (sulfide) groups is 1. The van der Waals surface area contributed by atoms with Crippen molar-refractivity contribution in [3.8, 4) is 10.6 Å². The number of rotatable bonds is 6. The molecule has 1 aromatic carbocycles. The second-order valence-corrected chi connectivity index (χ2v) is 5.77. The molecule has 0 aliphatic carbocycles. The van der Waals surface area contributed by atoms with Gasteiger partial charge in [-0.15, -0.1) is 23.1 Å². The minimum atomic E-state index is -1.04. The number of hydrogen-bond acceptors (Lipinski definition) is 5. The first-order valence-electron chi connectivity index (χ1n) is 5.64. The molecular formula is C13H11NO4S2. The number of aromatic nitrogens is 1. The third-order valence-electron chi connectivity index (χ3n) is 2.39. The summed E-state index contributed by atoms with van der Waals surface area (Å²) in [6.45, 7) is 0. The van der Waals surface area contributed by atoms with Crippen molar-refractivity contribution in [3.63, 3.8) is 0 Å². The van der Waals surface area contributed by atoms with Crippen molar-refractivity contribution in [2.75, 3.05) is 5.75 Å². The first-order chi connectivity index (χ1) is 9.56. The zero-order valence-corrected chi connectivity index (χ0v) is 11.9. The molecule has 0 radical (unpaired) electrons. The van der Waals surface area contributed by atoms with Gasteiger partial charge in [0.05, 0.1) is 5.75 Å². The topological polar surface area (TPSA) is 87.5 Å². The van der Waals surface area contributed by atoms with Crippen molar-refractivity contribution < 1.29 is 19.8 Å². The molecule has 7 heteroatoms. The van der Waals surface area contributed by atoms with Crippen molar-refractivity contribution in [2.45, 2.75) is 5.75 Å². The smallest absolute Gasteiger partial charge is 0.355 e. The Morgan fingerprint density at radius 1 is 1.30 bits per heavy atom. The number of carboxylic acid groups (broad SMARTS) is 2. The number of nitrogens with zero attached hydrogens (tertiary/aromatic N) is 1.